The highest BCUT2D eigenvalue weighted by molar-refractivity contribution is 5.79. The van der Waals surface area contributed by atoms with E-state index in [1.165, 1.54) is 19.3 Å². The van der Waals surface area contributed by atoms with E-state index in [1.54, 1.807) is 7.11 Å². The molecule has 3 rings (SSSR count). The molecule has 0 amide bonds. The van der Waals surface area contributed by atoms with Crippen LogP contribution in [-0.2, 0) is 6.54 Å². The minimum absolute atomic E-state index is 0.613. The van der Waals surface area contributed by atoms with Crippen LogP contribution in [0.15, 0.2) is 18.2 Å². The van der Waals surface area contributed by atoms with Gasteiger partial charge in [-0.15, -0.1) is 0 Å². The van der Waals surface area contributed by atoms with Crippen LogP contribution in [0.2, 0.25) is 0 Å². The highest BCUT2D eigenvalue weighted by Crippen LogP contribution is 2.34. The molecule has 19 heavy (non-hydrogen) atoms. The number of benzene rings is 1. The summed E-state index contributed by atoms with van der Waals surface area (Å²) >= 11 is 0. The molecule has 0 bridgehead atoms. The lowest BCUT2D eigenvalue weighted by Crippen LogP contribution is -2.14. The third kappa shape index (κ3) is 2.15. The normalized spacial score (nSPS) is 23.1. The van der Waals surface area contributed by atoms with Crippen molar-refractivity contribution in [3.8, 4) is 5.75 Å². The number of methoxy groups -OCH3 is 1. The van der Waals surface area contributed by atoms with Gasteiger partial charge in [-0.2, -0.15) is 0 Å². The van der Waals surface area contributed by atoms with E-state index in [4.69, 9.17) is 10.5 Å². The number of hydrogen-bond donors (Lipinski definition) is 1. The summed E-state index contributed by atoms with van der Waals surface area (Å²) in [7, 11) is 1.68. The summed E-state index contributed by atoms with van der Waals surface area (Å²) in [6.07, 6.45) is 3.96. The Morgan fingerprint density at radius 3 is 2.95 bits per heavy atom. The number of hydrogen-bond acceptors (Lipinski definition) is 3. The molecule has 0 radical (unpaired) electrons. The minimum atomic E-state index is 0.613. The van der Waals surface area contributed by atoms with E-state index in [2.05, 4.69) is 16.5 Å². The van der Waals surface area contributed by atoms with Crippen LogP contribution in [0.1, 0.15) is 26.2 Å². The van der Waals surface area contributed by atoms with Crippen molar-refractivity contribution < 1.29 is 4.74 Å². The number of ether oxygens (including phenoxy) is 1. The molecule has 102 valence electrons. The van der Waals surface area contributed by atoms with Crippen molar-refractivity contribution in [1.82, 2.24) is 9.55 Å². The molecule has 1 saturated carbocycles. The van der Waals surface area contributed by atoms with Gasteiger partial charge in [0, 0.05) is 12.6 Å². The fraction of sp³-hybridized carbons (Fsp3) is 0.533. The molecule has 1 aliphatic rings. The van der Waals surface area contributed by atoms with Gasteiger partial charge in [0.15, 0.2) is 0 Å². The summed E-state index contributed by atoms with van der Waals surface area (Å²) in [5, 5.41) is 0. The lowest BCUT2D eigenvalue weighted by molar-refractivity contribution is 0.370. The highest BCUT2D eigenvalue weighted by Gasteiger charge is 2.25. The zero-order valence-electron chi connectivity index (χ0n) is 11.6. The molecule has 1 aromatic carbocycles. The van der Waals surface area contributed by atoms with Crippen LogP contribution >= 0.6 is 0 Å². The van der Waals surface area contributed by atoms with Crippen molar-refractivity contribution in [2.75, 3.05) is 12.8 Å². The van der Waals surface area contributed by atoms with E-state index in [-0.39, 0.29) is 0 Å². The summed E-state index contributed by atoms with van der Waals surface area (Å²) in [5.74, 6) is 2.96. The largest absolute Gasteiger partial charge is 0.497 e. The van der Waals surface area contributed by atoms with Crippen molar-refractivity contribution in [3.63, 3.8) is 0 Å². The van der Waals surface area contributed by atoms with Crippen LogP contribution in [-0.4, -0.2) is 16.7 Å². The van der Waals surface area contributed by atoms with Crippen molar-refractivity contribution in [2.24, 2.45) is 11.8 Å². The average Bonchev–Trinajstić information content (AvgIpc) is 2.94. The molecule has 4 nitrogen and oxygen atoms in total. The van der Waals surface area contributed by atoms with Crippen molar-refractivity contribution in [1.29, 1.82) is 0 Å². The first-order valence-corrected chi connectivity index (χ1v) is 6.99. The van der Waals surface area contributed by atoms with Gasteiger partial charge >= 0.3 is 0 Å². The van der Waals surface area contributed by atoms with Crippen LogP contribution in [0.4, 0.5) is 5.95 Å². The smallest absolute Gasteiger partial charge is 0.201 e. The summed E-state index contributed by atoms with van der Waals surface area (Å²) in [6.45, 7) is 3.31. The van der Waals surface area contributed by atoms with E-state index < -0.39 is 0 Å². The van der Waals surface area contributed by atoms with Gasteiger partial charge in [-0.3, -0.25) is 0 Å². The fourth-order valence-corrected chi connectivity index (χ4v) is 3.17. The molecule has 1 aromatic heterocycles. The lowest BCUT2D eigenvalue weighted by Gasteiger charge is -2.17. The minimum Gasteiger partial charge on any atom is -0.497 e. The van der Waals surface area contributed by atoms with Gasteiger partial charge in [0.2, 0.25) is 5.95 Å². The summed E-state index contributed by atoms with van der Waals surface area (Å²) in [6, 6.07) is 5.93. The quantitative estimate of drug-likeness (QED) is 0.921. The number of nitrogen functional groups attached to an aromatic ring is 1. The Kier molecular flexibility index (Phi) is 3.09. The first-order valence-electron chi connectivity index (χ1n) is 6.99. The standard InChI is InChI=1S/C15H21N3O/c1-10-4-3-5-11(10)9-18-14-8-12(19-2)6-7-13(14)17-15(18)16/h6-8,10-11H,3-5,9H2,1-2H3,(H2,16,17). The first-order chi connectivity index (χ1) is 9.19. The Morgan fingerprint density at radius 2 is 2.26 bits per heavy atom. The van der Waals surface area contributed by atoms with Gasteiger partial charge in [-0.25, -0.2) is 4.98 Å². The molecule has 2 N–H and O–H groups in total. The van der Waals surface area contributed by atoms with Crippen LogP contribution < -0.4 is 10.5 Å². The van der Waals surface area contributed by atoms with Crippen molar-refractivity contribution in [2.45, 2.75) is 32.7 Å². The third-order valence-corrected chi connectivity index (χ3v) is 4.44. The van der Waals surface area contributed by atoms with Gasteiger partial charge in [-0.05, 0) is 30.4 Å². The van der Waals surface area contributed by atoms with Crippen LogP contribution in [0, 0.1) is 11.8 Å². The Labute approximate surface area is 113 Å². The molecule has 1 heterocycles. The Balaban J connectivity index is 1.99. The molecule has 4 heteroatoms. The van der Waals surface area contributed by atoms with Gasteiger partial charge in [0.1, 0.15) is 5.75 Å². The average molecular weight is 259 g/mol. The zero-order chi connectivity index (χ0) is 13.4. The van der Waals surface area contributed by atoms with E-state index in [0.29, 0.717) is 11.9 Å². The van der Waals surface area contributed by atoms with E-state index in [9.17, 15) is 0 Å². The topological polar surface area (TPSA) is 53.1 Å². The number of fused-ring (bicyclic) bond motifs is 1. The maximum Gasteiger partial charge on any atom is 0.201 e. The lowest BCUT2D eigenvalue weighted by atomic mass is 9.98. The maximum absolute atomic E-state index is 6.08. The number of rotatable bonds is 3. The van der Waals surface area contributed by atoms with Gasteiger partial charge in [0.25, 0.3) is 0 Å². The molecule has 2 aromatic rings. The van der Waals surface area contributed by atoms with E-state index in [1.807, 2.05) is 18.2 Å². The van der Waals surface area contributed by atoms with Crippen molar-refractivity contribution >= 4 is 17.0 Å². The number of anilines is 1. The molecule has 0 aliphatic heterocycles. The number of imidazole rings is 1. The monoisotopic (exact) mass is 259 g/mol. The first kappa shape index (κ1) is 12.3. The Hall–Kier alpha value is -1.71. The van der Waals surface area contributed by atoms with Crippen LogP contribution in [0.5, 0.6) is 5.75 Å². The molecular weight excluding hydrogens is 238 g/mol. The number of nitrogens with zero attached hydrogens (tertiary/aromatic N) is 2. The second-order valence-corrected chi connectivity index (χ2v) is 5.60. The third-order valence-electron chi connectivity index (χ3n) is 4.44. The fourth-order valence-electron chi connectivity index (χ4n) is 3.17. The summed E-state index contributed by atoms with van der Waals surface area (Å²) in [4.78, 5) is 4.44. The van der Waals surface area contributed by atoms with Gasteiger partial charge in [0.05, 0.1) is 18.1 Å². The molecule has 2 unspecified atom stereocenters. The molecule has 1 aliphatic carbocycles. The summed E-state index contributed by atoms with van der Waals surface area (Å²) in [5.41, 5.74) is 8.11. The number of nitrogens with two attached hydrogens (primary N) is 1. The summed E-state index contributed by atoms with van der Waals surface area (Å²) < 4.78 is 7.44. The van der Waals surface area contributed by atoms with Gasteiger partial charge < -0.3 is 15.0 Å². The SMILES string of the molecule is COc1ccc2nc(N)n(CC3CCCC3C)c2c1. The van der Waals surface area contributed by atoms with Crippen LogP contribution in [0.25, 0.3) is 11.0 Å². The molecule has 0 spiro atoms. The Bertz CT molecular complexity index is 590. The second kappa shape index (κ2) is 4.76. The molecule has 1 fully saturated rings. The molecule has 2 atom stereocenters. The van der Waals surface area contributed by atoms with Crippen molar-refractivity contribution in [3.05, 3.63) is 18.2 Å². The van der Waals surface area contributed by atoms with E-state index >= 15 is 0 Å². The van der Waals surface area contributed by atoms with Gasteiger partial charge in [-0.1, -0.05) is 19.8 Å². The highest BCUT2D eigenvalue weighted by atomic mass is 16.5. The maximum atomic E-state index is 6.08. The Morgan fingerprint density at radius 1 is 1.42 bits per heavy atom. The second-order valence-electron chi connectivity index (χ2n) is 5.60. The van der Waals surface area contributed by atoms with Crippen LogP contribution in [0.3, 0.4) is 0 Å². The van der Waals surface area contributed by atoms with E-state index in [0.717, 1.165) is 29.2 Å². The molecule has 0 saturated heterocycles. The number of aromatic nitrogens is 2. The zero-order valence-corrected chi connectivity index (χ0v) is 11.6. The molecular formula is C15H21N3O. The predicted octanol–water partition coefficient (Wildman–Crippen LogP) is 3.06. The predicted molar refractivity (Wildman–Crippen MR) is 77.2 cm³/mol.